The summed E-state index contributed by atoms with van der Waals surface area (Å²) in [6, 6.07) is 13.6. The molecule has 194 valence electrons. The van der Waals surface area contributed by atoms with E-state index in [0.717, 1.165) is 50.2 Å². The standard InChI is InChI=1S/C29H38N2O5/c1-5-8-19-36-23-15-13-21(14-16-23)26-25(27(32)22-11-9-12-24(20-22)35-4)28(33)29(34)31(26)18-10-17-30(6-2)7-3/h9,11-16,20,26,32H,5-8,10,17-19H2,1-4H3/b27-25+. The Labute approximate surface area is 214 Å². The smallest absolute Gasteiger partial charge is 0.295 e. The molecule has 1 atom stereocenters. The Morgan fingerprint density at radius 2 is 1.72 bits per heavy atom. The minimum absolute atomic E-state index is 0.0933. The van der Waals surface area contributed by atoms with Gasteiger partial charge in [-0.25, -0.2) is 0 Å². The van der Waals surface area contributed by atoms with Crippen LogP contribution in [0.2, 0.25) is 0 Å². The Morgan fingerprint density at radius 1 is 1.00 bits per heavy atom. The third-order valence-corrected chi connectivity index (χ3v) is 6.61. The summed E-state index contributed by atoms with van der Waals surface area (Å²) in [5.41, 5.74) is 1.28. The van der Waals surface area contributed by atoms with Crippen LogP contribution >= 0.6 is 0 Å². The quantitative estimate of drug-likeness (QED) is 0.182. The number of rotatable bonds is 13. The largest absolute Gasteiger partial charge is 0.507 e. The number of ether oxygens (including phenoxy) is 2. The molecular weight excluding hydrogens is 456 g/mol. The first kappa shape index (κ1) is 27.3. The van der Waals surface area contributed by atoms with Crippen LogP contribution in [0.1, 0.15) is 57.2 Å². The van der Waals surface area contributed by atoms with Crippen LogP contribution in [0.25, 0.3) is 5.76 Å². The van der Waals surface area contributed by atoms with Gasteiger partial charge in [-0.15, -0.1) is 0 Å². The van der Waals surface area contributed by atoms with Gasteiger partial charge in [-0.1, -0.05) is 51.5 Å². The molecule has 1 unspecified atom stereocenters. The summed E-state index contributed by atoms with van der Waals surface area (Å²) in [6.07, 6.45) is 2.74. The molecule has 1 N–H and O–H groups in total. The lowest BCUT2D eigenvalue weighted by molar-refractivity contribution is -0.140. The monoisotopic (exact) mass is 494 g/mol. The van der Waals surface area contributed by atoms with Gasteiger partial charge in [-0.2, -0.15) is 0 Å². The van der Waals surface area contributed by atoms with Gasteiger partial charge < -0.3 is 24.4 Å². The molecule has 1 aliphatic rings. The number of ketones is 1. The normalized spacial score (nSPS) is 17.1. The number of aliphatic hydroxyl groups is 1. The van der Waals surface area contributed by atoms with Gasteiger partial charge >= 0.3 is 0 Å². The number of methoxy groups -OCH3 is 1. The van der Waals surface area contributed by atoms with Gasteiger partial charge in [0.1, 0.15) is 17.3 Å². The number of hydrogen-bond donors (Lipinski definition) is 1. The zero-order valence-electron chi connectivity index (χ0n) is 21.8. The van der Waals surface area contributed by atoms with Gasteiger partial charge in [0.15, 0.2) is 0 Å². The number of aliphatic hydroxyl groups excluding tert-OH is 1. The van der Waals surface area contributed by atoms with Crippen LogP contribution in [-0.2, 0) is 9.59 Å². The molecule has 0 bridgehead atoms. The van der Waals surface area contributed by atoms with Gasteiger partial charge in [0.2, 0.25) is 0 Å². The predicted molar refractivity (Wildman–Crippen MR) is 141 cm³/mol. The second-order valence-electron chi connectivity index (χ2n) is 8.88. The summed E-state index contributed by atoms with van der Waals surface area (Å²) in [4.78, 5) is 30.3. The highest BCUT2D eigenvalue weighted by atomic mass is 16.5. The Kier molecular flexibility index (Phi) is 9.94. The van der Waals surface area contributed by atoms with Crippen LogP contribution in [0.4, 0.5) is 0 Å². The molecule has 0 aliphatic carbocycles. The van der Waals surface area contributed by atoms with E-state index in [-0.39, 0.29) is 11.3 Å². The molecule has 1 heterocycles. The van der Waals surface area contributed by atoms with E-state index >= 15 is 0 Å². The molecule has 1 fully saturated rings. The first-order valence-corrected chi connectivity index (χ1v) is 12.8. The van der Waals surface area contributed by atoms with Gasteiger partial charge in [0, 0.05) is 12.1 Å². The maximum absolute atomic E-state index is 13.2. The maximum atomic E-state index is 13.2. The summed E-state index contributed by atoms with van der Waals surface area (Å²) < 4.78 is 11.1. The van der Waals surface area contributed by atoms with Crippen LogP contribution in [0.3, 0.4) is 0 Å². The van der Waals surface area contributed by atoms with Crippen LogP contribution in [-0.4, -0.2) is 66.5 Å². The second kappa shape index (κ2) is 13.1. The Hall–Kier alpha value is -3.32. The third kappa shape index (κ3) is 6.26. The van der Waals surface area contributed by atoms with Gasteiger partial charge in [0.25, 0.3) is 11.7 Å². The molecule has 0 aromatic heterocycles. The van der Waals surface area contributed by atoms with Gasteiger partial charge in [-0.05, 0) is 62.3 Å². The lowest BCUT2D eigenvalue weighted by Gasteiger charge is -2.27. The first-order chi connectivity index (χ1) is 17.4. The molecule has 3 rings (SSSR count). The zero-order chi connectivity index (χ0) is 26.1. The van der Waals surface area contributed by atoms with Crippen LogP contribution in [0.15, 0.2) is 54.1 Å². The first-order valence-electron chi connectivity index (χ1n) is 12.8. The van der Waals surface area contributed by atoms with Crippen molar-refractivity contribution in [2.75, 3.05) is 39.9 Å². The SMILES string of the molecule is CCCCOc1ccc(C2/C(=C(\O)c3cccc(OC)c3)C(=O)C(=O)N2CCCN(CC)CC)cc1. The second-order valence-corrected chi connectivity index (χ2v) is 8.88. The molecule has 2 aromatic rings. The minimum atomic E-state index is -0.683. The number of nitrogens with zero attached hydrogens (tertiary/aromatic N) is 2. The Balaban J connectivity index is 1.99. The fraction of sp³-hybridized carbons (Fsp3) is 0.448. The van der Waals surface area contributed by atoms with Crippen LogP contribution in [0, 0.1) is 0 Å². The molecule has 36 heavy (non-hydrogen) atoms. The average molecular weight is 495 g/mol. The number of amides is 1. The lowest BCUT2D eigenvalue weighted by Crippen LogP contribution is -2.33. The lowest BCUT2D eigenvalue weighted by atomic mass is 9.95. The molecule has 0 radical (unpaired) electrons. The van der Waals surface area contributed by atoms with Crippen molar-refractivity contribution in [2.45, 2.75) is 46.1 Å². The van der Waals surface area contributed by atoms with E-state index in [1.807, 2.05) is 24.3 Å². The molecule has 0 saturated carbocycles. The molecule has 1 saturated heterocycles. The molecule has 1 amide bonds. The summed E-state index contributed by atoms with van der Waals surface area (Å²) in [7, 11) is 1.54. The van der Waals surface area contributed by atoms with E-state index in [4.69, 9.17) is 9.47 Å². The Morgan fingerprint density at radius 3 is 2.36 bits per heavy atom. The van der Waals surface area contributed by atoms with Crippen molar-refractivity contribution in [1.82, 2.24) is 9.80 Å². The summed E-state index contributed by atoms with van der Waals surface area (Å²) in [5, 5.41) is 11.3. The van der Waals surface area contributed by atoms with E-state index < -0.39 is 17.7 Å². The molecular formula is C29H38N2O5. The van der Waals surface area contributed by atoms with E-state index in [0.29, 0.717) is 24.5 Å². The number of likely N-dealkylation sites (tertiary alicyclic amines) is 1. The molecule has 7 nitrogen and oxygen atoms in total. The van der Waals surface area contributed by atoms with Crippen molar-refractivity contribution < 1.29 is 24.2 Å². The highest BCUT2D eigenvalue weighted by molar-refractivity contribution is 6.46. The van der Waals surface area contributed by atoms with Crippen molar-refractivity contribution in [1.29, 1.82) is 0 Å². The zero-order valence-corrected chi connectivity index (χ0v) is 21.8. The number of carbonyl (C=O) groups is 2. The van der Waals surface area contributed by atoms with Crippen molar-refractivity contribution in [2.24, 2.45) is 0 Å². The van der Waals surface area contributed by atoms with Crippen LogP contribution < -0.4 is 9.47 Å². The van der Waals surface area contributed by atoms with E-state index in [1.165, 1.54) is 7.11 Å². The minimum Gasteiger partial charge on any atom is -0.507 e. The highest BCUT2D eigenvalue weighted by Crippen LogP contribution is 2.40. The molecule has 1 aliphatic heterocycles. The third-order valence-electron chi connectivity index (χ3n) is 6.61. The number of carbonyl (C=O) groups excluding carboxylic acids is 2. The number of Topliss-reactive ketones (excluding diaryl/α,β-unsaturated/α-hetero) is 1. The number of benzene rings is 2. The molecule has 2 aromatic carbocycles. The summed E-state index contributed by atoms with van der Waals surface area (Å²) in [6.45, 7) is 10.0. The Bertz CT molecular complexity index is 1060. The highest BCUT2D eigenvalue weighted by Gasteiger charge is 2.45. The number of unbranched alkanes of at least 4 members (excludes halogenated alkanes) is 1. The van der Waals surface area contributed by atoms with E-state index in [1.54, 1.807) is 29.2 Å². The fourth-order valence-electron chi connectivity index (χ4n) is 4.47. The van der Waals surface area contributed by atoms with Gasteiger partial charge in [0.05, 0.1) is 25.3 Å². The van der Waals surface area contributed by atoms with Crippen molar-refractivity contribution >= 4 is 17.4 Å². The maximum Gasteiger partial charge on any atom is 0.295 e. The van der Waals surface area contributed by atoms with E-state index in [9.17, 15) is 14.7 Å². The van der Waals surface area contributed by atoms with E-state index in [2.05, 4.69) is 25.7 Å². The number of hydrogen-bond acceptors (Lipinski definition) is 6. The topological polar surface area (TPSA) is 79.3 Å². The predicted octanol–water partition coefficient (Wildman–Crippen LogP) is 5.03. The molecule has 0 spiro atoms. The van der Waals surface area contributed by atoms with Crippen molar-refractivity contribution in [3.05, 3.63) is 65.2 Å². The molecule has 7 heteroatoms. The summed E-state index contributed by atoms with van der Waals surface area (Å²) in [5.74, 6) is -0.179. The average Bonchev–Trinajstić information content (AvgIpc) is 3.16. The fourth-order valence-corrected chi connectivity index (χ4v) is 4.47. The van der Waals surface area contributed by atoms with Gasteiger partial charge in [-0.3, -0.25) is 9.59 Å². The summed E-state index contributed by atoms with van der Waals surface area (Å²) >= 11 is 0. The van der Waals surface area contributed by atoms with Crippen molar-refractivity contribution in [3.8, 4) is 11.5 Å². The van der Waals surface area contributed by atoms with Crippen molar-refractivity contribution in [3.63, 3.8) is 0 Å². The van der Waals surface area contributed by atoms with Crippen LogP contribution in [0.5, 0.6) is 11.5 Å².